The fourth-order valence-electron chi connectivity index (χ4n) is 2.81. The van der Waals surface area contributed by atoms with E-state index >= 15 is 0 Å². The molecule has 0 aromatic heterocycles. The summed E-state index contributed by atoms with van der Waals surface area (Å²) < 4.78 is 0. The number of hydrogen-bond donors (Lipinski definition) is 7. The molecule has 0 aliphatic rings. The van der Waals surface area contributed by atoms with Crippen LogP contribution in [0.5, 0.6) is 0 Å². The summed E-state index contributed by atoms with van der Waals surface area (Å²) in [5.74, 6) is -4.32. The van der Waals surface area contributed by atoms with E-state index in [-0.39, 0.29) is 19.3 Å². The molecule has 0 aliphatic carbocycles. The quantitative estimate of drug-likeness (QED) is 0.169. The van der Waals surface area contributed by atoms with Gasteiger partial charge in [0.1, 0.15) is 18.1 Å². The van der Waals surface area contributed by atoms with Gasteiger partial charge in [0, 0.05) is 12.8 Å². The van der Waals surface area contributed by atoms with Crippen LogP contribution >= 0.6 is 0 Å². The minimum atomic E-state index is -1.47. The van der Waals surface area contributed by atoms with Crippen LogP contribution in [-0.2, 0) is 30.4 Å². The average molecular weight is 466 g/mol. The maximum atomic E-state index is 12.6. The summed E-state index contributed by atoms with van der Waals surface area (Å²) in [5.41, 5.74) is 11.3. The van der Waals surface area contributed by atoms with Gasteiger partial charge in [0.05, 0.1) is 12.1 Å². The summed E-state index contributed by atoms with van der Waals surface area (Å²) in [5, 5.41) is 26.4. The molecule has 0 spiro atoms. The van der Waals surface area contributed by atoms with E-state index in [1.807, 2.05) is 0 Å². The first kappa shape index (κ1) is 27.5. The van der Waals surface area contributed by atoms with E-state index in [1.165, 1.54) is 13.8 Å². The SMILES string of the molecule is CC(NC(=O)C(N)CCC(N)=O)C(=O)NC(C(=O)NC(Cc1ccccc1)C(=O)O)C(C)O. The minimum Gasteiger partial charge on any atom is -0.480 e. The van der Waals surface area contributed by atoms with E-state index in [1.54, 1.807) is 30.3 Å². The van der Waals surface area contributed by atoms with Gasteiger partial charge in [-0.05, 0) is 25.8 Å². The third-order valence-electron chi connectivity index (χ3n) is 4.75. The predicted octanol–water partition coefficient (Wildman–Crippen LogP) is -2.24. The second-order valence-corrected chi connectivity index (χ2v) is 7.66. The number of aliphatic hydroxyl groups excluding tert-OH is 1. The number of carbonyl (C=O) groups excluding carboxylic acids is 4. The van der Waals surface area contributed by atoms with Gasteiger partial charge in [-0.25, -0.2) is 4.79 Å². The lowest BCUT2D eigenvalue weighted by atomic mass is 10.0. The molecule has 0 heterocycles. The number of hydrogen-bond acceptors (Lipinski definition) is 7. The minimum absolute atomic E-state index is 0.00194. The Bertz CT molecular complexity index is 847. The number of rotatable bonds is 13. The van der Waals surface area contributed by atoms with Crippen LogP contribution in [0, 0.1) is 0 Å². The van der Waals surface area contributed by atoms with Crippen molar-refractivity contribution in [2.75, 3.05) is 0 Å². The molecule has 0 fully saturated rings. The molecule has 5 atom stereocenters. The average Bonchev–Trinajstić information content (AvgIpc) is 2.75. The van der Waals surface area contributed by atoms with Gasteiger partial charge in [-0.3, -0.25) is 19.2 Å². The topological polar surface area (TPSA) is 214 Å². The van der Waals surface area contributed by atoms with Gasteiger partial charge in [-0.15, -0.1) is 0 Å². The zero-order valence-corrected chi connectivity index (χ0v) is 18.5. The molecule has 0 saturated carbocycles. The molecule has 4 amide bonds. The molecule has 1 rings (SSSR count). The van der Waals surface area contributed by atoms with Gasteiger partial charge in [0.15, 0.2) is 0 Å². The van der Waals surface area contributed by atoms with Gasteiger partial charge < -0.3 is 37.6 Å². The van der Waals surface area contributed by atoms with Crippen LogP contribution in [0.4, 0.5) is 0 Å². The Kier molecular flexibility index (Phi) is 11.0. The van der Waals surface area contributed by atoms with E-state index in [0.29, 0.717) is 5.56 Å². The van der Waals surface area contributed by atoms with Crippen molar-refractivity contribution in [1.82, 2.24) is 16.0 Å². The van der Waals surface area contributed by atoms with Crippen LogP contribution in [0.25, 0.3) is 0 Å². The van der Waals surface area contributed by atoms with Crippen LogP contribution in [0.3, 0.4) is 0 Å². The summed E-state index contributed by atoms with van der Waals surface area (Å²) in [6.45, 7) is 2.58. The predicted molar refractivity (Wildman–Crippen MR) is 117 cm³/mol. The van der Waals surface area contributed by atoms with Gasteiger partial charge >= 0.3 is 5.97 Å². The maximum Gasteiger partial charge on any atom is 0.326 e. The fourth-order valence-corrected chi connectivity index (χ4v) is 2.81. The van der Waals surface area contributed by atoms with E-state index in [2.05, 4.69) is 16.0 Å². The number of aliphatic hydroxyl groups is 1. The zero-order chi connectivity index (χ0) is 25.1. The Balaban J connectivity index is 2.75. The number of amides is 4. The van der Waals surface area contributed by atoms with Gasteiger partial charge in [-0.2, -0.15) is 0 Å². The smallest absolute Gasteiger partial charge is 0.326 e. The number of carbonyl (C=O) groups is 5. The first-order chi connectivity index (χ1) is 15.4. The first-order valence-corrected chi connectivity index (χ1v) is 10.3. The Morgan fingerprint density at radius 3 is 2.06 bits per heavy atom. The number of benzene rings is 1. The summed E-state index contributed by atoms with van der Waals surface area (Å²) in [6.07, 6.45) is -1.47. The number of nitrogens with one attached hydrogen (secondary N) is 3. The number of aliphatic carboxylic acids is 1. The van der Waals surface area contributed by atoms with Crippen molar-refractivity contribution in [1.29, 1.82) is 0 Å². The Morgan fingerprint density at radius 1 is 0.939 bits per heavy atom. The maximum absolute atomic E-state index is 12.6. The molecule has 0 bridgehead atoms. The monoisotopic (exact) mass is 465 g/mol. The summed E-state index contributed by atoms with van der Waals surface area (Å²) >= 11 is 0. The fraction of sp³-hybridized carbons (Fsp3) is 0.476. The molecule has 12 heteroatoms. The standard InChI is InChI=1S/C21H31N5O7/c1-11(24-19(30)14(22)8-9-16(23)28)18(29)26-17(12(2)27)20(31)25-15(21(32)33)10-13-6-4-3-5-7-13/h3-7,11-12,14-15,17,27H,8-10,22H2,1-2H3,(H2,23,28)(H,24,30)(H,25,31)(H,26,29)(H,32,33). The molecule has 12 nitrogen and oxygen atoms in total. The molecule has 0 radical (unpaired) electrons. The summed E-state index contributed by atoms with van der Waals surface area (Å²) in [4.78, 5) is 59.5. The van der Waals surface area contributed by atoms with E-state index in [0.717, 1.165) is 0 Å². The summed E-state index contributed by atoms with van der Waals surface area (Å²) in [6, 6.07) is 3.65. The molecule has 1 aromatic rings. The van der Waals surface area contributed by atoms with Crippen LogP contribution in [0.1, 0.15) is 32.3 Å². The van der Waals surface area contributed by atoms with E-state index in [9.17, 15) is 34.2 Å². The van der Waals surface area contributed by atoms with Crippen LogP contribution < -0.4 is 27.4 Å². The highest BCUT2D eigenvalue weighted by molar-refractivity contribution is 5.94. The molecular formula is C21H31N5O7. The van der Waals surface area contributed by atoms with Crippen molar-refractivity contribution >= 4 is 29.6 Å². The normalized spacial score (nSPS) is 15.3. The van der Waals surface area contributed by atoms with E-state index in [4.69, 9.17) is 11.5 Å². The third kappa shape index (κ3) is 9.66. The van der Waals surface area contributed by atoms with Crippen molar-refractivity contribution in [3.05, 3.63) is 35.9 Å². The lowest BCUT2D eigenvalue weighted by Gasteiger charge is -2.25. The summed E-state index contributed by atoms with van der Waals surface area (Å²) in [7, 11) is 0. The molecule has 182 valence electrons. The Labute approximate surface area is 191 Å². The largest absolute Gasteiger partial charge is 0.480 e. The molecule has 0 saturated heterocycles. The van der Waals surface area contributed by atoms with Crippen LogP contribution in [0.2, 0.25) is 0 Å². The highest BCUT2D eigenvalue weighted by Gasteiger charge is 2.31. The number of carboxylic acid groups (broad SMARTS) is 1. The van der Waals surface area contributed by atoms with Crippen molar-refractivity contribution in [3.8, 4) is 0 Å². The second-order valence-electron chi connectivity index (χ2n) is 7.66. The zero-order valence-electron chi connectivity index (χ0n) is 18.5. The molecular weight excluding hydrogens is 434 g/mol. The Morgan fingerprint density at radius 2 is 1.55 bits per heavy atom. The molecule has 1 aromatic carbocycles. The van der Waals surface area contributed by atoms with Gasteiger partial charge in [-0.1, -0.05) is 30.3 Å². The van der Waals surface area contributed by atoms with Gasteiger partial charge in [0.2, 0.25) is 23.6 Å². The Hall–Kier alpha value is -3.51. The highest BCUT2D eigenvalue weighted by atomic mass is 16.4. The molecule has 33 heavy (non-hydrogen) atoms. The number of nitrogens with two attached hydrogens (primary N) is 2. The molecule has 0 aliphatic heterocycles. The lowest BCUT2D eigenvalue weighted by molar-refractivity contribution is -0.143. The number of carboxylic acids is 1. The lowest BCUT2D eigenvalue weighted by Crippen LogP contribution is -2.59. The second kappa shape index (κ2) is 13.1. The first-order valence-electron chi connectivity index (χ1n) is 10.3. The van der Waals surface area contributed by atoms with Crippen molar-refractivity contribution in [2.45, 2.75) is 63.4 Å². The molecule has 9 N–H and O–H groups in total. The molecule has 5 unspecified atom stereocenters. The van der Waals surface area contributed by atoms with Crippen molar-refractivity contribution in [3.63, 3.8) is 0 Å². The van der Waals surface area contributed by atoms with Gasteiger partial charge in [0.25, 0.3) is 0 Å². The number of primary amides is 1. The van der Waals surface area contributed by atoms with Crippen molar-refractivity contribution in [2.24, 2.45) is 11.5 Å². The van der Waals surface area contributed by atoms with Crippen LogP contribution in [0.15, 0.2) is 30.3 Å². The van der Waals surface area contributed by atoms with E-state index < -0.39 is 59.9 Å². The third-order valence-corrected chi connectivity index (χ3v) is 4.75. The highest BCUT2D eigenvalue weighted by Crippen LogP contribution is 2.05. The van der Waals surface area contributed by atoms with Crippen LogP contribution in [-0.4, -0.2) is 70.1 Å². The van der Waals surface area contributed by atoms with Crippen molar-refractivity contribution < 1.29 is 34.2 Å².